The van der Waals surface area contributed by atoms with Gasteiger partial charge in [-0.25, -0.2) is 4.98 Å². The molecule has 0 bridgehead atoms. The maximum absolute atomic E-state index is 6.10. The van der Waals surface area contributed by atoms with Gasteiger partial charge in [0, 0.05) is 106 Å². The highest BCUT2D eigenvalue weighted by molar-refractivity contribution is 6.31. The number of fused-ring (bicyclic) bond motifs is 3. The van der Waals surface area contributed by atoms with Gasteiger partial charge in [-0.1, -0.05) is 157 Å². The molecule has 0 atom stereocenters. The molecule has 0 spiro atoms. The van der Waals surface area contributed by atoms with Crippen LogP contribution >= 0.6 is 46.4 Å². The number of benzene rings is 8. The van der Waals surface area contributed by atoms with Crippen LogP contribution in [0.15, 0.2) is 207 Å². The van der Waals surface area contributed by atoms with Gasteiger partial charge in [0.05, 0.1) is 39.0 Å². The molecule has 20 heteroatoms. The fraction of sp³-hybridized carbons (Fsp3) is 0.265. The van der Waals surface area contributed by atoms with E-state index in [1.165, 1.54) is 69.8 Å². The molecule has 518 valence electrons. The van der Waals surface area contributed by atoms with E-state index in [9.17, 15) is 0 Å². The number of aromatic nitrogens is 16. The number of nitrogens with zero attached hydrogens (tertiary/aromatic N) is 14. The molecule has 103 heavy (non-hydrogen) atoms. The minimum Gasteiger partial charge on any atom is -0.361 e. The molecule has 4 aliphatic carbocycles. The quantitative estimate of drug-likeness (QED) is 0.121. The molecule has 0 aliphatic heterocycles. The normalized spacial score (nSPS) is 15.9. The average Bonchev–Trinajstić information content (AvgIpc) is 1.70. The lowest BCUT2D eigenvalue weighted by Crippen LogP contribution is -2.38. The maximum atomic E-state index is 6.10. The van der Waals surface area contributed by atoms with Gasteiger partial charge >= 0.3 is 0 Å². The van der Waals surface area contributed by atoms with Crippen LogP contribution in [0.2, 0.25) is 20.1 Å². The van der Waals surface area contributed by atoms with Crippen molar-refractivity contribution in [2.45, 2.75) is 106 Å². The molecule has 4 aliphatic rings. The van der Waals surface area contributed by atoms with Crippen molar-refractivity contribution in [3.05, 3.63) is 278 Å². The van der Waals surface area contributed by atoms with Gasteiger partial charge in [0.15, 0.2) is 23.3 Å². The molecule has 15 aromatic rings. The Hall–Kier alpha value is -9.97. The van der Waals surface area contributed by atoms with Gasteiger partial charge in [-0.15, -0.1) is 40.8 Å². The van der Waals surface area contributed by atoms with Crippen molar-refractivity contribution in [2.24, 2.45) is 35.2 Å². The van der Waals surface area contributed by atoms with E-state index in [0.717, 1.165) is 157 Å². The number of hydrogen-bond acceptors (Lipinski definition) is 9. The average molecular weight is 1440 g/mol. The molecule has 0 saturated heterocycles. The van der Waals surface area contributed by atoms with Crippen LogP contribution < -0.4 is 0 Å². The zero-order valence-corrected chi connectivity index (χ0v) is 61.4. The summed E-state index contributed by atoms with van der Waals surface area (Å²) in [5, 5.41) is 42.1. The monoisotopic (exact) mass is 1440 g/mol. The summed E-state index contributed by atoms with van der Waals surface area (Å²) in [6, 6.07) is 64.2. The summed E-state index contributed by atoms with van der Waals surface area (Å²) >= 11 is 24.3. The molecule has 4 saturated carbocycles. The van der Waals surface area contributed by atoms with Crippen molar-refractivity contribution in [1.82, 2.24) is 78.6 Å². The standard InChI is InChI=1S/C22H21ClN4.C21H19ClN4.C20H18ClN5.C20H20ClN3/c1-26-13-10-15-4-5-16(14-19(15)26)20-24-25-21(27(20)2)22(11-3-12-22)17-6-8-18(23)9-7-17;1-26-19(15-3-8-18-14(13-15)9-12-23-18)24-25-20(26)21(10-2-11-21)16-4-6-17(22)7-5-16;1-26-18(13-3-8-16-17(11-13)23-12-22-16)24-25-19(26)20(9-2-10-20)14-4-6-15(21)7-5-14;1-14-6-3-4-7-17(14)18-22-23-19(24(18)2)20(12-5-13-20)15-8-10-16(21)11-9-15/h4-10,13-14H,3,11-12H2,1-2H3;3-9,12-13,23H,2,10-11H2,1H3;3-8,11-12H,2,9-10H2,1H3,(H,22,23);3-4,6-11H,5,12-13H2,1-2H3. The lowest BCUT2D eigenvalue weighted by molar-refractivity contribution is 0.278. The Kier molecular flexibility index (Phi) is 17.9. The smallest absolute Gasteiger partial charge is 0.163 e. The number of halogens is 4. The van der Waals surface area contributed by atoms with E-state index >= 15 is 0 Å². The molecule has 19 rings (SSSR count). The number of aryl methyl sites for hydroxylation is 2. The minimum atomic E-state index is -0.0668. The van der Waals surface area contributed by atoms with Gasteiger partial charge in [-0.3, -0.25) is 0 Å². The second-order valence-corrected chi connectivity index (χ2v) is 30.1. The van der Waals surface area contributed by atoms with Gasteiger partial charge < -0.3 is 32.8 Å². The Morgan fingerprint density at radius 2 is 0.757 bits per heavy atom. The number of hydrogen-bond donors (Lipinski definition) is 2. The van der Waals surface area contributed by atoms with E-state index in [-0.39, 0.29) is 21.7 Å². The lowest BCUT2D eigenvalue weighted by Gasteiger charge is -2.41. The minimum absolute atomic E-state index is 0.0345. The number of rotatable bonds is 12. The fourth-order valence-corrected chi connectivity index (χ4v) is 16.7. The Balaban J connectivity index is 0.000000106. The largest absolute Gasteiger partial charge is 0.361 e. The molecule has 7 heterocycles. The van der Waals surface area contributed by atoms with Crippen LogP contribution in [-0.2, 0) is 56.9 Å². The van der Waals surface area contributed by atoms with E-state index in [0.29, 0.717) is 0 Å². The summed E-state index contributed by atoms with van der Waals surface area (Å²) in [4.78, 5) is 10.7. The fourth-order valence-electron chi connectivity index (χ4n) is 16.2. The SMILES string of the molecule is Cc1ccccc1-c1nnc(C2(c3ccc(Cl)cc3)CCC2)n1C.Cn1c(-c2ccc3[nH]ccc3c2)nnc1C1(c2ccc(Cl)cc2)CCC1.Cn1c(-c2ccc3ccn(C)c3c2)nnc1C1(c2ccc(Cl)cc2)CCC1.Cn1c(-c2ccc3nc[nH]c3c2)nnc1C1(c2ccc(Cl)cc2)CCC1. The Labute approximate surface area is 618 Å². The van der Waals surface area contributed by atoms with Crippen LogP contribution in [0.1, 0.15) is 128 Å². The molecular formula is C83H78Cl4N16. The third kappa shape index (κ3) is 12.0. The number of imidazole rings is 1. The highest BCUT2D eigenvalue weighted by atomic mass is 35.5. The molecule has 0 amide bonds. The lowest BCUT2D eigenvalue weighted by atomic mass is 9.64. The maximum Gasteiger partial charge on any atom is 0.163 e. The third-order valence-corrected chi connectivity index (χ3v) is 23.7. The molecule has 4 fully saturated rings. The van der Waals surface area contributed by atoms with Gasteiger partial charge in [-0.05, 0) is 195 Å². The first kappa shape index (κ1) is 67.5. The Morgan fingerprint density at radius 3 is 1.19 bits per heavy atom. The number of H-pyrrole nitrogens is 2. The van der Waals surface area contributed by atoms with Crippen molar-refractivity contribution in [1.29, 1.82) is 0 Å². The highest BCUT2D eigenvalue weighted by Crippen LogP contribution is 2.53. The molecule has 2 N–H and O–H groups in total. The van der Waals surface area contributed by atoms with Crippen LogP contribution in [0.25, 0.3) is 78.4 Å². The number of nitrogens with one attached hydrogen (secondary N) is 2. The Bertz CT molecular complexity index is 5380. The molecule has 7 aromatic heterocycles. The zero-order valence-electron chi connectivity index (χ0n) is 58.4. The van der Waals surface area contributed by atoms with E-state index in [1.807, 2.05) is 66.9 Å². The summed E-state index contributed by atoms with van der Waals surface area (Å²) in [5.74, 6) is 7.77. The zero-order chi connectivity index (χ0) is 70.8. The van der Waals surface area contributed by atoms with Crippen LogP contribution in [0.4, 0.5) is 0 Å². The predicted octanol–water partition coefficient (Wildman–Crippen LogP) is 19.6. The summed E-state index contributed by atoms with van der Waals surface area (Å²) in [6.45, 7) is 2.11. The van der Waals surface area contributed by atoms with Gasteiger partial charge in [0.2, 0.25) is 0 Å². The van der Waals surface area contributed by atoms with Crippen molar-refractivity contribution >= 4 is 79.2 Å². The van der Waals surface area contributed by atoms with Crippen LogP contribution in [0, 0.1) is 6.92 Å². The summed E-state index contributed by atoms with van der Waals surface area (Å²) in [7, 11) is 10.3. The summed E-state index contributed by atoms with van der Waals surface area (Å²) in [5.41, 5.74) is 14.8. The molecular weight excluding hydrogens is 1360 g/mol. The van der Waals surface area contributed by atoms with Crippen LogP contribution in [-0.4, -0.2) is 78.6 Å². The van der Waals surface area contributed by atoms with Crippen molar-refractivity contribution in [3.63, 3.8) is 0 Å². The number of aromatic amines is 2. The van der Waals surface area contributed by atoms with Crippen molar-refractivity contribution in [2.75, 3.05) is 0 Å². The Morgan fingerprint density at radius 1 is 0.359 bits per heavy atom. The first-order chi connectivity index (χ1) is 50.0. The summed E-state index contributed by atoms with van der Waals surface area (Å²) in [6.07, 6.45) is 19.3. The van der Waals surface area contributed by atoms with Crippen LogP contribution in [0.5, 0.6) is 0 Å². The molecule has 0 unspecified atom stereocenters. The van der Waals surface area contributed by atoms with Crippen LogP contribution in [0.3, 0.4) is 0 Å². The van der Waals surface area contributed by atoms with E-state index in [2.05, 4.69) is 254 Å². The molecule has 8 aromatic carbocycles. The predicted molar refractivity (Wildman–Crippen MR) is 413 cm³/mol. The van der Waals surface area contributed by atoms with E-state index in [4.69, 9.17) is 46.4 Å². The van der Waals surface area contributed by atoms with E-state index < -0.39 is 0 Å². The van der Waals surface area contributed by atoms with Crippen molar-refractivity contribution in [3.8, 4) is 45.6 Å². The first-order valence-corrected chi connectivity index (χ1v) is 36.8. The van der Waals surface area contributed by atoms with E-state index in [1.54, 1.807) is 6.33 Å². The first-order valence-electron chi connectivity index (χ1n) is 35.3. The second kappa shape index (κ2) is 27.3. The topological polar surface area (TPSA) is 172 Å². The molecule has 16 nitrogen and oxygen atoms in total. The molecule has 0 radical (unpaired) electrons. The third-order valence-electron chi connectivity index (χ3n) is 22.6. The van der Waals surface area contributed by atoms with Gasteiger partial charge in [0.1, 0.15) is 23.3 Å². The second-order valence-electron chi connectivity index (χ2n) is 28.3. The van der Waals surface area contributed by atoms with Gasteiger partial charge in [-0.2, -0.15) is 0 Å². The highest BCUT2D eigenvalue weighted by Gasteiger charge is 2.48. The van der Waals surface area contributed by atoms with Crippen molar-refractivity contribution < 1.29 is 0 Å². The van der Waals surface area contributed by atoms with Gasteiger partial charge in [0.25, 0.3) is 0 Å². The summed E-state index contributed by atoms with van der Waals surface area (Å²) < 4.78 is 10.7.